The standard InChI is InChI=1S/C15H17F4NO/c16-13-11(6-3-7-12(13)15(17,18)19)14(21)20-9-8-10-4-1-2-5-10/h3,6-7,10H,1-2,4-5,8-9H2,(H,20,21). The van der Waals surface area contributed by atoms with Gasteiger partial charge < -0.3 is 5.32 Å². The van der Waals surface area contributed by atoms with E-state index in [1.165, 1.54) is 12.8 Å². The van der Waals surface area contributed by atoms with Crippen LogP contribution in [0.15, 0.2) is 18.2 Å². The summed E-state index contributed by atoms with van der Waals surface area (Å²) in [5.41, 5.74) is -1.97. The van der Waals surface area contributed by atoms with E-state index in [9.17, 15) is 22.4 Å². The van der Waals surface area contributed by atoms with Crippen molar-refractivity contribution in [2.24, 2.45) is 5.92 Å². The van der Waals surface area contributed by atoms with Gasteiger partial charge in [-0.15, -0.1) is 0 Å². The third-order valence-corrected chi connectivity index (χ3v) is 3.86. The molecule has 6 heteroatoms. The van der Waals surface area contributed by atoms with Crippen molar-refractivity contribution in [1.82, 2.24) is 5.32 Å². The van der Waals surface area contributed by atoms with E-state index < -0.39 is 29.0 Å². The number of benzene rings is 1. The number of carbonyl (C=O) groups excluding carboxylic acids is 1. The lowest BCUT2D eigenvalue weighted by atomic mass is 10.0. The summed E-state index contributed by atoms with van der Waals surface area (Å²) in [6, 6.07) is 2.73. The van der Waals surface area contributed by atoms with Crippen LogP contribution in [0.3, 0.4) is 0 Å². The quantitative estimate of drug-likeness (QED) is 0.832. The number of halogens is 4. The highest BCUT2D eigenvalue weighted by molar-refractivity contribution is 5.94. The molecule has 0 radical (unpaired) electrons. The average Bonchev–Trinajstić information content (AvgIpc) is 2.90. The van der Waals surface area contributed by atoms with Gasteiger partial charge in [0, 0.05) is 6.54 Å². The van der Waals surface area contributed by atoms with Gasteiger partial charge in [-0.2, -0.15) is 13.2 Å². The molecule has 2 rings (SSSR count). The van der Waals surface area contributed by atoms with E-state index >= 15 is 0 Å². The first-order valence-electron chi connectivity index (χ1n) is 7.03. The maximum Gasteiger partial charge on any atom is 0.419 e. The lowest BCUT2D eigenvalue weighted by Gasteiger charge is -2.12. The molecule has 1 amide bonds. The van der Waals surface area contributed by atoms with E-state index in [4.69, 9.17) is 0 Å². The molecule has 0 heterocycles. The summed E-state index contributed by atoms with van der Waals surface area (Å²) in [6.07, 6.45) is 0.583. The van der Waals surface area contributed by atoms with E-state index in [2.05, 4.69) is 5.32 Å². The molecule has 0 aromatic heterocycles. The molecule has 1 aliphatic rings. The molecule has 1 N–H and O–H groups in total. The Labute approximate surface area is 120 Å². The van der Waals surface area contributed by atoms with Gasteiger partial charge in [0.05, 0.1) is 11.1 Å². The van der Waals surface area contributed by atoms with Gasteiger partial charge in [0.2, 0.25) is 0 Å². The molecule has 0 saturated heterocycles. The van der Waals surface area contributed by atoms with Gasteiger partial charge in [-0.3, -0.25) is 4.79 Å². The highest BCUT2D eigenvalue weighted by atomic mass is 19.4. The minimum Gasteiger partial charge on any atom is -0.352 e. The minimum atomic E-state index is -4.80. The van der Waals surface area contributed by atoms with Crippen LogP contribution < -0.4 is 5.32 Å². The number of nitrogens with one attached hydrogen (secondary N) is 1. The molecule has 1 aliphatic carbocycles. The van der Waals surface area contributed by atoms with Gasteiger partial charge in [0.25, 0.3) is 5.91 Å². The van der Waals surface area contributed by atoms with Crippen molar-refractivity contribution in [1.29, 1.82) is 0 Å². The first-order chi connectivity index (χ1) is 9.89. The number of hydrogen-bond donors (Lipinski definition) is 1. The lowest BCUT2D eigenvalue weighted by Crippen LogP contribution is -2.27. The fourth-order valence-electron chi connectivity index (χ4n) is 2.71. The van der Waals surface area contributed by atoms with Crippen LogP contribution in [0.1, 0.15) is 48.0 Å². The molecule has 2 nitrogen and oxygen atoms in total. The van der Waals surface area contributed by atoms with Gasteiger partial charge >= 0.3 is 6.18 Å². The maximum absolute atomic E-state index is 13.8. The summed E-state index contributed by atoms with van der Waals surface area (Å²) >= 11 is 0. The van der Waals surface area contributed by atoms with Crippen molar-refractivity contribution in [2.45, 2.75) is 38.3 Å². The summed E-state index contributed by atoms with van der Waals surface area (Å²) in [5, 5.41) is 2.50. The molecule has 0 unspecified atom stereocenters. The second-order valence-corrected chi connectivity index (χ2v) is 5.36. The van der Waals surface area contributed by atoms with Gasteiger partial charge in [-0.1, -0.05) is 31.7 Å². The van der Waals surface area contributed by atoms with Crippen LogP contribution in [0.5, 0.6) is 0 Å². The van der Waals surface area contributed by atoms with Crippen LogP contribution in [0.25, 0.3) is 0 Å². The van der Waals surface area contributed by atoms with Crippen molar-refractivity contribution in [3.63, 3.8) is 0 Å². The summed E-state index contributed by atoms with van der Waals surface area (Å²) in [4.78, 5) is 11.8. The summed E-state index contributed by atoms with van der Waals surface area (Å²) in [7, 11) is 0. The van der Waals surface area contributed by atoms with Gasteiger partial charge in [0.15, 0.2) is 0 Å². The molecule has 1 aromatic rings. The summed E-state index contributed by atoms with van der Waals surface area (Å²) < 4.78 is 51.5. The number of hydrogen-bond acceptors (Lipinski definition) is 1. The van der Waals surface area contributed by atoms with E-state index in [-0.39, 0.29) is 0 Å². The normalized spacial score (nSPS) is 16.2. The Morgan fingerprint density at radius 3 is 2.52 bits per heavy atom. The van der Waals surface area contributed by atoms with Crippen LogP contribution >= 0.6 is 0 Å². The number of rotatable bonds is 4. The first kappa shape index (κ1) is 15.8. The Kier molecular flexibility index (Phi) is 4.85. The van der Waals surface area contributed by atoms with E-state index in [0.717, 1.165) is 31.4 Å². The topological polar surface area (TPSA) is 29.1 Å². The third kappa shape index (κ3) is 3.95. The Bertz CT molecular complexity index is 507. The Morgan fingerprint density at radius 1 is 1.24 bits per heavy atom. The predicted molar refractivity (Wildman–Crippen MR) is 70.3 cm³/mol. The van der Waals surface area contributed by atoms with Crippen LogP contribution in [-0.2, 0) is 6.18 Å². The van der Waals surface area contributed by atoms with Crippen molar-refractivity contribution in [2.75, 3.05) is 6.54 Å². The molecule has 1 fully saturated rings. The second-order valence-electron chi connectivity index (χ2n) is 5.36. The molecule has 0 bridgehead atoms. The molecule has 1 saturated carbocycles. The van der Waals surface area contributed by atoms with Crippen molar-refractivity contribution in [3.8, 4) is 0 Å². The Hall–Kier alpha value is -1.59. The van der Waals surface area contributed by atoms with Crippen molar-refractivity contribution >= 4 is 5.91 Å². The number of alkyl halides is 3. The smallest absolute Gasteiger partial charge is 0.352 e. The predicted octanol–water partition coefficient (Wildman–Crippen LogP) is 4.15. The van der Waals surface area contributed by atoms with Crippen LogP contribution in [-0.4, -0.2) is 12.5 Å². The summed E-state index contributed by atoms with van der Waals surface area (Å²) in [6.45, 7) is 0.360. The molecular formula is C15H17F4NO. The Morgan fingerprint density at radius 2 is 1.90 bits per heavy atom. The van der Waals surface area contributed by atoms with Gasteiger partial charge in [-0.05, 0) is 24.5 Å². The number of amides is 1. The molecule has 116 valence electrons. The summed E-state index contributed by atoms with van der Waals surface area (Å²) in [5.74, 6) is -1.75. The maximum atomic E-state index is 13.8. The minimum absolute atomic E-state index is 0.360. The molecule has 0 aliphatic heterocycles. The molecule has 1 aromatic carbocycles. The van der Waals surface area contributed by atoms with Gasteiger partial charge in [0.1, 0.15) is 5.82 Å². The zero-order valence-electron chi connectivity index (χ0n) is 11.5. The second kappa shape index (κ2) is 6.45. The lowest BCUT2D eigenvalue weighted by molar-refractivity contribution is -0.140. The number of carbonyl (C=O) groups is 1. The SMILES string of the molecule is O=C(NCCC1CCCC1)c1cccc(C(F)(F)F)c1F. The highest BCUT2D eigenvalue weighted by Crippen LogP contribution is 2.32. The molecule has 0 spiro atoms. The van der Waals surface area contributed by atoms with Crippen LogP contribution in [0.2, 0.25) is 0 Å². The molecule has 21 heavy (non-hydrogen) atoms. The zero-order chi connectivity index (χ0) is 15.5. The van der Waals surface area contributed by atoms with E-state index in [1.54, 1.807) is 0 Å². The fourth-order valence-corrected chi connectivity index (χ4v) is 2.71. The van der Waals surface area contributed by atoms with Crippen molar-refractivity contribution in [3.05, 3.63) is 35.1 Å². The highest BCUT2D eigenvalue weighted by Gasteiger charge is 2.35. The monoisotopic (exact) mass is 303 g/mol. The fraction of sp³-hybridized carbons (Fsp3) is 0.533. The molecule has 0 atom stereocenters. The Balaban J connectivity index is 1.98. The van der Waals surface area contributed by atoms with Gasteiger partial charge in [-0.25, -0.2) is 4.39 Å². The van der Waals surface area contributed by atoms with Crippen LogP contribution in [0.4, 0.5) is 17.6 Å². The van der Waals surface area contributed by atoms with Crippen LogP contribution in [0, 0.1) is 11.7 Å². The largest absolute Gasteiger partial charge is 0.419 e. The zero-order valence-corrected chi connectivity index (χ0v) is 11.5. The van der Waals surface area contributed by atoms with E-state index in [1.807, 2.05) is 0 Å². The van der Waals surface area contributed by atoms with Crippen molar-refractivity contribution < 1.29 is 22.4 Å². The third-order valence-electron chi connectivity index (χ3n) is 3.86. The van der Waals surface area contributed by atoms with E-state index in [0.29, 0.717) is 18.5 Å². The first-order valence-corrected chi connectivity index (χ1v) is 7.03. The molecular weight excluding hydrogens is 286 g/mol. The average molecular weight is 303 g/mol.